The summed E-state index contributed by atoms with van der Waals surface area (Å²) in [4.78, 5) is 24.4. The molecule has 3 rings (SSSR count). The Balaban J connectivity index is 1.90. The maximum Gasteiger partial charge on any atom is 0.311 e. The average molecular weight is 668 g/mol. The van der Waals surface area contributed by atoms with Crippen molar-refractivity contribution in [2.45, 2.75) is 125 Å². The van der Waals surface area contributed by atoms with Crippen LogP contribution in [0.3, 0.4) is 0 Å². The van der Waals surface area contributed by atoms with E-state index < -0.39 is 104 Å². The average Bonchev–Trinajstić information content (AvgIpc) is 2.96. The Labute approximate surface area is 274 Å². The van der Waals surface area contributed by atoms with E-state index in [0.29, 0.717) is 6.42 Å². The first-order chi connectivity index (χ1) is 22.2. The van der Waals surface area contributed by atoms with Gasteiger partial charge in [0.2, 0.25) is 0 Å². The molecule has 2 saturated heterocycles. The van der Waals surface area contributed by atoms with Gasteiger partial charge in [0.05, 0.1) is 49.1 Å². The van der Waals surface area contributed by atoms with Gasteiger partial charge in [-0.2, -0.15) is 0 Å². The largest absolute Gasteiger partial charge is 0.481 e. The zero-order chi connectivity index (χ0) is 34.7. The first-order valence-electron chi connectivity index (χ1n) is 15.8. The molecule has 2 fully saturated rings. The standard InChI is InChI=1S/C33H49NO13/c1-19-11-8-6-4-3-5-7-9-14-23(46-32-30(40)29(39)28(34)20(2)45-32)16-25-27(31(41)42)24(37)18-33(43,47-25)17-22(36)13-10-12-21(35)15-26(38)44-19/h3-10,12,14,19-25,27-30,32,35-37,39-40,43H,11,13,15-18,34H2,1-2H3,(H,41,42)/b4-3+,7-5+,8-6+,12-10+,14-9+/t19-,20-,21+,22+,23+,24+,25+,27-,28?,29?,30?,32+,33-/m1/s1. The summed E-state index contributed by atoms with van der Waals surface area (Å²) in [5, 5.41) is 74.0. The van der Waals surface area contributed by atoms with Gasteiger partial charge in [0.1, 0.15) is 24.2 Å². The Bertz CT molecular complexity index is 1170. The Morgan fingerprint density at radius 1 is 0.936 bits per heavy atom. The summed E-state index contributed by atoms with van der Waals surface area (Å²) in [6.07, 6.45) is 3.58. The second kappa shape index (κ2) is 18.1. The van der Waals surface area contributed by atoms with Crippen LogP contribution in [0.25, 0.3) is 0 Å². The summed E-state index contributed by atoms with van der Waals surface area (Å²) in [5.74, 6) is -5.60. The van der Waals surface area contributed by atoms with Gasteiger partial charge >= 0.3 is 11.9 Å². The van der Waals surface area contributed by atoms with Crippen LogP contribution in [0.2, 0.25) is 0 Å². The highest BCUT2D eigenvalue weighted by Gasteiger charge is 2.50. The molecule has 9 N–H and O–H groups in total. The van der Waals surface area contributed by atoms with Gasteiger partial charge in [-0.3, -0.25) is 9.59 Å². The Kier molecular flexibility index (Phi) is 14.9. The normalized spacial score (nSPS) is 45.0. The summed E-state index contributed by atoms with van der Waals surface area (Å²) >= 11 is 0. The van der Waals surface area contributed by atoms with Gasteiger partial charge in [-0.05, 0) is 20.3 Å². The van der Waals surface area contributed by atoms with Crippen LogP contribution in [0, 0.1) is 5.92 Å². The number of aliphatic hydroxyl groups is 6. The third-order valence-corrected chi connectivity index (χ3v) is 8.20. The predicted molar refractivity (Wildman–Crippen MR) is 167 cm³/mol. The smallest absolute Gasteiger partial charge is 0.311 e. The molecule has 0 spiro atoms. The number of hydrogen-bond donors (Lipinski definition) is 8. The van der Waals surface area contributed by atoms with Crippen molar-refractivity contribution in [1.29, 1.82) is 0 Å². The second-order valence-corrected chi connectivity index (χ2v) is 12.3. The Morgan fingerprint density at radius 3 is 2.32 bits per heavy atom. The molecule has 2 bridgehead atoms. The van der Waals surface area contributed by atoms with E-state index in [1.165, 1.54) is 12.2 Å². The van der Waals surface area contributed by atoms with E-state index in [-0.39, 0.29) is 19.3 Å². The lowest BCUT2D eigenvalue weighted by atomic mass is 9.83. The van der Waals surface area contributed by atoms with Crippen LogP contribution >= 0.6 is 0 Å². The molecule has 0 aromatic carbocycles. The van der Waals surface area contributed by atoms with Crippen LogP contribution < -0.4 is 5.73 Å². The van der Waals surface area contributed by atoms with Crippen molar-refractivity contribution in [1.82, 2.24) is 0 Å². The maximum absolute atomic E-state index is 12.2. The predicted octanol–water partition coefficient (Wildman–Crippen LogP) is 0.103. The molecule has 264 valence electrons. The number of cyclic esters (lactones) is 1. The van der Waals surface area contributed by atoms with E-state index in [1.54, 1.807) is 56.4 Å². The van der Waals surface area contributed by atoms with Crippen molar-refractivity contribution >= 4 is 11.9 Å². The van der Waals surface area contributed by atoms with E-state index in [9.17, 15) is 45.3 Å². The Morgan fingerprint density at radius 2 is 1.62 bits per heavy atom. The number of ether oxygens (including phenoxy) is 4. The van der Waals surface area contributed by atoms with E-state index in [2.05, 4.69) is 0 Å². The number of hydrogen-bond acceptors (Lipinski definition) is 13. The lowest BCUT2D eigenvalue weighted by molar-refractivity contribution is -0.308. The van der Waals surface area contributed by atoms with Crippen molar-refractivity contribution in [3.05, 3.63) is 60.8 Å². The Hall–Kier alpha value is -2.76. The number of aliphatic carboxylic acids is 1. The number of esters is 1. The number of fused-ring (bicyclic) bond motifs is 2. The molecule has 3 heterocycles. The summed E-state index contributed by atoms with van der Waals surface area (Å²) in [6, 6.07) is -0.878. The van der Waals surface area contributed by atoms with E-state index in [0.717, 1.165) is 0 Å². The molecule has 14 heteroatoms. The lowest BCUT2D eigenvalue weighted by Crippen LogP contribution is -2.61. The fraction of sp³-hybridized carbons (Fsp3) is 0.636. The third-order valence-electron chi connectivity index (χ3n) is 8.20. The molecule has 0 amide bonds. The van der Waals surface area contributed by atoms with E-state index in [4.69, 9.17) is 24.7 Å². The molecule has 0 aromatic rings. The van der Waals surface area contributed by atoms with Crippen LogP contribution in [-0.4, -0.2) is 121 Å². The summed E-state index contributed by atoms with van der Waals surface area (Å²) in [7, 11) is 0. The van der Waals surface area contributed by atoms with Gasteiger partial charge in [0.25, 0.3) is 0 Å². The topological polar surface area (TPSA) is 239 Å². The fourth-order valence-electron chi connectivity index (χ4n) is 5.69. The number of carboxylic acid groups (broad SMARTS) is 1. The van der Waals surface area contributed by atoms with Crippen molar-refractivity contribution in [3.8, 4) is 0 Å². The molecule has 13 atom stereocenters. The monoisotopic (exact) mass is 667 g/mol. The van der Waals surface area contributed by atoms with Gasteiger partial charge in [-0.25, -0.2) is 0 Å². The summed E-state index contributed by atoms with van der Waals surface area (Å²) in [5.41, 5.74) is 5.90. The molecular weight excluding hydrogens is 618 g/mol. The fourth-order valence-corrected chi connectivity index (χ4v) is 5.69. The molecule has 0 aliphatic carbocycles. The van der Waals surface area contributed by atoms with Gasteiger partial charge in [0, 0.05) is 25.7 Å². The third kappa shape index (κ3) is 12.0. The molecule has 0 radical (unpaired) electrons. The SMILES string of the molecule is C[C@@H]1C/C=C/C=C/C=C/C=C/[C@H](O[C@@H]2O[C@H](C)C(N)C(O)C2O)C[C@@H]2O[C@](O)(C[C@@H](O)C/C=C/[C@H](O)CC(=O)O1)C[C@H](O)[C@H]2C(=O)O. The number of rotatable bonds is 3. The van der Waals surface area contributed by atoms with Crippen molar-refractivity contribution in [3.63, 3.8) is 0 Å². The maximum atomic E-state index is 12.2. The highest BCUT2D eigenvalue weighted by Crippen LogP contribution is 2.38. The van der Waals surface area contributed by atoms with E-state index in [1.807, 2.05) is 6.08 Å². The van der Waals surface area contributed by atoms with E-state index >= 15 is 0 Å². The molecule has 0 aromatic heterocycles. The molecule has 3 aliphatic rings. The van der Waals surface area contributed by atoms with Crippen LogP contribution in [0.1, 0.15) is 52.4 Å². The zero-order valence-corrected chi connectivity index (χ0v) is 26.6. The number of aliphatic hydroxyl groups excluding tert-OH is 5. The second-order valence-electron chi connectivity index (χ2n) is 12.3. The summed E-state index contributed by atoms with van der Waals surface area (Å²) < 4.78 is 22.9. The quantitative estimate of drug-likeness (QED) is 0.147. The van der Waals surface area contributed by atoms with Crippen molar-refractivity contribution in [2.75, 3.05) is 0 Å². The van der Waals surface area contributed by atoms with Crippen molar-refractivity contribution < 1.29 is 64.3 Å². The highest BCUT2D eigenvalue weighted by atomic mass is 16.7. The number of carbonyl (C=O) groups is 2. The van der Waals surface area contributed by atoms with Crippen molar-refractivity contribution in [2.24, 2.45) is 11.7 Å². The molecule has 14 nitrogen and oxygen atoms in total. The number of carboxylic acids is 1. The molecular formula is C33H49NO13. The summed E-state index contributed by atoms with van der Waals surface area (Å²) in [6.45, 7) is 3.33. The minimum Gasteiger partial charge on any atom is -0.481 e. The van der Waals surface area contributed by atoms with Crippen LogP contribution in [0.4, 0.5) is 0 Å². The van der Waals surface area contributed by atoms with Crippen LogP contribution in [0.15, 0.2) is 60.8 Å². The first kappa shape index (κ1) is 38.7. The molecule has 3 unspecified atom stereocenters. The number of allylic oxidation sites excluding steroid dienone is 6. The van der Waals surface area contributed by atoms with Crippen LogP contribution in [0.5, 0.6) is 0 Å². The number of nitrogens with two attached hydrogens (primary N) is 1. The zero-order valence-electron chi connectivity index (χ0n) is 26.6. The first-order valence-corrected chi connectivity index (χ1v) is 15.8. The lowest BCUT2D eigenvalue weighted by Gasteiger charge is -2.45. The molecule has 47 heavy (non-hydrogen) atoms. The minimum absolute atomic E-state index is 0.0595. The van der Waals surface area contributed by atoms with Gasteiger partial charge < -0.3 is 60.4 Å². The van der Waals surface area contributed by atoms with Gasteiger partial charge in [-0.1, -0.05) is 60.8 Å². The van der Waals surface area contributed by atoms with Crippen LogP contribution in [-0.2, 0) is 28.5 Å². The highest BCUT2D eigenvalue weighted by molar-refractivity contribution is 5.71. The molecule has 3 aliphatic heterocycles. The van der Waals surface area contributed by atoms with Gasteiger partial charge in [0.15, 0.2) is 12.1 Å². The van der Waals surface area contributed by atoms with Gasteiger partial charge in [-0.15, -0.1) is 0 Å². The molecule has 0 saturated carbocycles. The number of carbonyl (C=O) groups excluding carboxylic acids is 1. The minimum atomic E-state index is -2.14.